The minimum Gasteiger partial charge on any atom is -0.382 e. The predicted molar refractivity (Wildman–Crippen MR) is 94.4 cm³/mol. The Morgan fingerprint density at radius 1 is 1.08 bits per heavy atom. The van der Waals surface area contributed by atoms with E-state index >= 15 is 0 Å². The third-order valence-electron chi connectivity index (χ3n) is 4.92. The Kier molecular flexibility index (Phi) is 4.15. The maximum Gasteiger partial charge on any atom is 0.237 e. The van der Waals surface area contributed by atoms with Gasteiger partial charge >= 0.3 is 0 Å². The number of amides is 1. The van der Waals surface area contributed by atoms with Crippen LogP contribution in [-0.2, 0) is 11.2 Å². The van der Waals surface area contributed by atoms with Crippen molar-refractivity contribution < 1.29 is 4.79 Å². The molecule has 5 heteroatoms. The van der Waals surface area contributed by atoms with E-state index in [1.54, 1.807) is 23.5 Å². The van der Waals surface area contributed by atoms with Gasteiger partial charge in [-0.15, -0.1) is 0 Å². The summed E-state index contributed by atoms with van der Waals surface area (Å²) in [6, 6.07) is 6.77. The average molecular weight is 322 g/mol. The van der Waals surface area contributed by atoms with Gasteiger partial charge in [0.1, 0.15) is 0 Å². The zero-order chi connectivity index (χ0) is 16.4. The maximum absolute atomic E-state index is 12.4. The molecule has 5 nitrogen and oxygen atoms in total. The van der Waals surface area contributed by atoms with Crippen molar-refractivity contribution >= 4 is 23.1 Å². The fraction of sp³-hybridized carbons (Fsp3) is 0.421. The van der Waals surface area contributed by atoms with Crippen LogP contribution in [0.4, 0.5) is 17.2 Å². The van der Waals surface area contributed by atoms with Crippen LogP contribution in [0.5, 0.6) is 0 Å². The van der Waals surface area contributed by atoms with Crippen molar-refractivity contribution in [1.82, 2.24) is 9.97 Å². The highest BCUT2D eigenvalue weighted by Gasteiger charge is 2.30. The molecular weight excluding hydrogens is 300 g/mol. The van der Waals surface area contributed by atoms with Crippen molar-refractivity contribution in [3.05, 3.63) is 42.4 Å². The van der Waals surface area contributed by atoms with Gasteiger partial charge in [0.15, 0.2) is 5.82 Å². The van der Waals surface area contributed by atoms with E-state index in [-0.39, 0.29) is 5.91 Å². The molecule has 0 radical (unpaired) electrons. The summed E-state index contributed by atoms with van der Waals surface area (Å²) in [4.78, 5) is 22.5. The SMILES string of the molecule is O=C1Cc2ccc(NC3CCCCCC3)cc2N1c1cnccn1. The molecule has 1 aliphatic heterocycles. The summed E-state index contributed by atoms with van der Waals surface area (Å²) in [6.45, 7) is 0. The Labute approximate surface area is 142 Å². The molecule has 124 valence electrons. The van der Waals surface area contributed by atoms with Crippen LogP contribution in [0.15, 0.2) is 36.8 Å². The Hall–Kier alpha value is -2.43. The number of anilines is 3. The maximum atomic E-state index is 12.4. The lowest BCUT2D eigenvalue weighted by molar-refractivity contribution is -0.116. The van der Waals surface area contributed by atoms with Gasteiger partial charge < -0.3 is 5.32 Å². The van der Waals surface area contributed by atoms with E-state index in [4.69, 9.17) is 0 Å². The Morgan fingerprint density at radius 2 is 1.92 bits per heavy atom. The highest BCUT2D eigenvalue weighted by atomic mass is 16.2. The summed E-state index contributed by atoms with van der Waals surface area (Å²) in [6.07, 6.45) is 13.0. The van der Waals surface area contributed by atoms with E-state index in [0.29, 0.717) is 18.3 Å². The van der Waals surface area contributed by atoms with Crippen LogP contribution in [0.1, 0.15) is 44.1 Å². The standard InChI is InChI=1S/C19H22N4O/c24-19-11-14-7-8-16(22-15-5-3-1-2-4-6-15)12-17(14)23(19)18-13-20-9-10-21-18/h7-10,12-13,15,22H,1-6,11H2. The summed E-state index contributed by atoms with van der Waals surface area (Å²) >= 11 is 0. The molecule has 24 heavy (non-hydrogen) atoms. The van der Waals surface area contributed by atoms with Gasteiger partial charge in [-0.3, -0.25) is 14.7 Å². The average Bonchev–Trinajstić information content (AvgIpc) is 2.75. The molecule has 0 spiro atoms. The summed E-state index contributed by atoms with van der Waals surface area (Å²) in [5, 5.41) is 3.66. The first-order chi connectivity index (χ1) is 11.8. The van der Waals surface area contributed by atoms with Gasteiger partial charge in [-0.25, -0.2) is 4.98 Å². The Morgan fingerprint density at radius 3 is 2.67 bits per heavy atom. The zero-order valence-corrected chi connectivity index (χ0v) is 13.7. The van der Waals surface area contributed by atoms with E-state index < -0.39 is 0 Å². The van der Waals surface area contributed by atoms with Gasteiger partial charge in [0, 0.05) is 24.1 Å². The summed E-state index contributed by atoms with van der Waals surface area (Å²) in [5.74, 6) is 0.644. The number of carbonyl (C=O) groups is 1. The predicted octanol–water partition coefficient (Wildman–Crippen LogP) is 3.83. The van der Waals surface area contributed by atoms with E-state index in [9.17, 15) is 4.79 Å². The number of hydrogen-bond donors (Lipinski definition) is 1. The largest absolute Gasteiger partial charge is 0.382 e. The zero-order valence-electron chi connectivity index (χ0n) is 13.7. The number of nitrogens with zero attached hydrogens (tertiary/aromatic N) is 3. The normalized spacial score (nSPS) is 18.3. The molecule has 1 fully saturated rings. The molecule has 0 bridgehead atoms. The molecule has 1 amide bonds. The lowest BCUT2D eigenvalue weighted by Gasteiger charge is -2.20. The van der Waals surface area contributed by atoms with E-state index in [2.05, 4.69) is 33.5 Å². The molecule has 0 unspecified atom stereocenters. The molecule has 2 heterocycles. The fourth-order valence-corrected chi connectivity index (χ4v) is 3.70. The summed E-state index contributed by atoms with van der Waals surface area (Å²) in [7, 11) is 0. The molecule has 1 N–H and O–H groups in total. The third-order valence-corrected chi connectivity index (χ3v) is 4.92. The molecule has 1 aliphatic carbocycles. The van der Waals surface area contributed by atoms with Gasteiger partial charge in [0.2, 0.25) is 5.91 Å². The van der Waals surface area contributed by atoms with Crippen molar-refractivity contribution in [2.75, 3.05) is 10.2 Å². The molecule has 1 aromatic heterocycles. The van der Waals surface area contributed by atoms with E-state index in [1.807, 2.05) is 0 Å². The Bertz CT molecular complexity index is 723. The second-order valence-electron chi connectivity index (χ2n) is 6.65. The molecule has 4 rings (SSSR count). The lowest BCUT2D eigenvalue weighted by atomic mass is 10.1. The van der Waals surface area contributed by atoms with E-state index in [0.717, 1.165) is 16.9 Å². The number of hydrogen-bond acceptors (Lipinski definition) is 4. The molecule has 0 saturated heterocycles. The number of aromatic nitrogens is 2. The van der Waals surface area contributed by atoms with Crippen LogP contribution in [0.2, 0.25) is 0 Å². The smallest absolute Gasteiger partial charge is 0.237 e. The quantitative estimate of drug-likeness (QED) is 0.873. The van der Waals surface area contributed by atoms with Crippen molar-refractivity contribution in [2.24, 2.45) is 0 Å². The summed E-state index contributed by atoms with van der Waals surface area (Å²) in [5.41, 5.74) is 3.07. The van der Waals surface area contributed by atoms with Crippen molar-refractivity contribution in [1.29, 1.82) is 0 Å². The second kappa shape index (κ2) is 6.59. The van der Waals surface area contributed by atoms with Crippen LogP contribution in [0.25, 0.3) is 0 Å². The highest BCUT2D eigenvalue weighted by Crippen LogP contribution is 2.36. The van der Waals surface area contributed by atoms with Crippen molar-refractivity contribution in [2.45, 2.75) is 51.0 Å². The monoisotopic (exact) mass is 322 g/mol. The topological polar surface area (TPSA) is 58.1 Å². The minimum atomic E-state index is 0.0529. The highest BCUT2D eigenvalue weighted by molar-refractivity contribution is 6.07. The van der Waals surface area contributed by atoms with Gasteiger partial charge in [-0.05, 0) is 30.5 Å². The molecule has 0 atom stereocenters. The molecule has 2 aliphatic rings. The van der Waals surface area contributed by atoms with Crippen LogP contribution in [-0.4, -0.2) is 21.9 Å². The first-order valence-electron chi connectivity index (χ1n) is 8.80. The fourth-order valence-electron chi connectivity index (χ4n) is 3.70. The van der Waals surface area contributed by atoms with Crippen LogP contribution >= 0.6 is 0 Å². The molecule has 1 saturated carbocycles. The van der Waals surface area contributed by atoms with E-state index in [1.165, 1.54) is 38.5 Å². The lowest BCUT2D eigenvalue weighted by Crippen LogP contribution is -2.22. The van der Waals surface area contributed by atoms with Crippen LogP contribution < -0.4 is 10.2 Å². The van der Waals surface area contributed by atoms with Crippen LogP contribution in [0, 0.1) is 0 Å². The Balaban J connectivity index is 1.60. The van der Waals surface area contributed by atoms with Gasteiger partial charge in [0.25, 0.3) is 0 Å². The first-order valence-corrected chi connectivity index (χ1v) is 8.80. The third kappa shape index (κ3) is 2.98. The number of fused-ring (bicyclic) bond motifs is 1. The molecule has 2 aromatic rings. The number of nitrogens with one attached hydrogen (secondary N) is 1. The minimum absolute atomic E-state index is 0.0529. The number of benzene rings is 1. The van der Waals surface area contributed by atoms with Crippen molar-refractivity contribution in [3.63, 3.8) is 0 Å². The van der Waals surface area contributed by atoms with Gasteiger partial charge in [-0.1, -0.05) is 31.7 Å². The molecule has 1 aromatic carbocycles. The second-order valence-corrected chi connectivity index (χ2v) is 6.65. The first kappa shape index (κ1) is 15.1. The number of carbonyl (C=O) groups excluding carboxylic acids is 1. The van der Waals surface area contributed by atoms with Crippen LogP contribution in [0.3, 0.4) is 0 Å². The summed E-state index contributed by atoms with van der Waals surface area (Å²) < 4.78 is 0. The molecular formula is C19H22N4O. The number of rotatable bonds is 3. The van der Waals surface area contributed by atoms with Crippen molar-refractivity contribution in [3.8, 4) is 0 Å². The van der Waals surface area contributed by atoms with Gasteiger partial charge in [0.05, 0.1) is 18.3 Å². The van der Waals surface area contributed by atoms with Gasteiger partial charge in [-0.2, -0.15) is 0 Å².